The van der Waals surface area contributed by atoms with E-state index >= 15 is 0 Å². The minimum Gasteiger partial charge on any atom is -0.348 e. The number of benzene rings is 2. The molecule has 30 heavy (non-hydrogen) atoms. The molecule has 0 aliphatic heterocycles. The van der Waals surface area contributed by atoms with Crippen molar-refractivity contribution in [1.82, 2.24) is 15.3 Å². The van der Waals surface area contributed by atoms with Crippen molar-refractivity contribution in [2.45, 2.75) is 13.5 Å². The molecule has 4 aromatic rings. The first-order valence-corrected chi connectivity index (χ1v) is 11.0. The summed E-state index contributed by atoms with van der Waals surface area (Å²) in [6, 6.07) is 17.3. The van der Waals surface area contributed by atoms with E-state index in [-0.39, 0.29) is 5.91 Å². The van der Waals surface area contributed by atoms with Crippen LogP contribution in [0.5, 0.6) is 0 Å². The third-order valence-electron chi connectivity index (χ3n) is 4.55. The lowest BCUT2D eigenvalue weighted by atomic mass is 10.1. The minimum atomic E-state index is -0.119. The fraction of sp³-hybridized carbons (Fsp3) is 0.0870. The molecule has 0 aliphatic rings. The molecule has 5 nitrogen and oxygen atoms in total. The van der Waals surface area contributed by atoms with Gasteiger partial charge in [0.25, 0.3) is 5.91 Å². The number of nitrogens with one attached hydrogen (secondary N) is 2. The molecule has 0 radical (unpaired) electrons. The van der Waals surface area contributed by atoms with Gasteiger partial charge in [0, 0.05) is 45.6 Å². The molecule has 2 aromatic carbocycles. The van der Waals surface area contributed by atoms with Crippen LogP contribution in [0.1, 0.15) is 21.5 Å². The van der Waals surface area contributed by atoms with Crippen molar-refractivity contribution in [3.8, 4) is 11.3 Å². The van der Waals surface area contributed by atoms with E-state index in [2.05, 4.69) is 36.5 Å². The number of hydrogen-bond acceptors (Lipinski definition) is 5. The van der Waals surface area contributed by atoms with E-state index in [9.17, 15) is 4.79 Å². The fourth-order valence-electron chi connectivity index (χ4n) is 2.88. The average molecular weight is 479 g/mol. The molecule has 0 spiro atoms. The van der Waals surface area contributed by atoms with E-state index in [1.807, 2.05) is 60.8 Å². The van der Waals surface area contributed by atoms with Gasteiger partial charge in [-0.2, -0.15) is 0 Å². The summed E-state index contributed by atoms with van der Waals surface area (Å²) in [5, 5.41) is 9.02. The zero-order chi connectivity index (χ0) is 20.9. The normalized spacial score (nSPS) is 10.6. The third-order valence-corrected chi connectivity index (χ3v) is 6.16. The van der Waals surface area contributed by atoms with Crippen LogP contribution < -0.4 is 10.6 Å². The highest BCUT2D eigenvalue weighted by Gasteiger charge is 2.09. The van der Waals surface area contributed by atoms with Crippen molar-refractivity contribution in [3.05, 3.63) is 93.5 Å². The number of halogens is 1. The number of nitrogens with zero attached hydrogens (tertiary/aromatic N) is 2. The predicted octanol–water partition coefficient (Wildman–Crippen LogP) is 5.95. The summed E-state index contributed by atoms with van der Waals surface area (Å²) in [6.07, 6.45) is 3.50. The van der Waals surface area contributed by atoms with Crippen LogP contribution in [-0.4, -0.2) is 15.9 Å². The van der Waals surface area contributed by atoms with Gasteiger partial charge in [0.05, 0.1) is 5.69 Å². The van der Waals surface area contributed by atoms with Gasteiger partial charge in [0.1, 0.15) is 0 Å². The first kappa shape index (κ1) is 20.3. The minimum absolute atomic E-state index is 0.119. The fourth-order valence-corrected chi connectivity index (χ4v) is 4.04. The number of thiazole rings is 1. The number of aryl methyl sites for hydroxylation is 1. The molecule has 2 heterocycles. The molecule has 0 saturated carbocycles. The van der Waals surface area contributed by atoms with Crippen molar-refractivity contribution in [2.24, 2.45) is 0 Å². The highest BCUT2D eigenvalue weighted by Crippen LogP contribution is 2.27. The Balaban J connectivity index is 1.41. The van der Waals surface area contributed by atoms with Gasteiger partial charge in [-0.15, -0.1) is 11.3 Å². The Morgan fingerprint density at radius 3 is 2.73 bits per heavy atom. The maximum absolute atomic E-state index is 12.6. The number of hydrogen-bond donors (Lipinski definition) is 2. The molecular weight excluding hydrogens is 460 g/mol. The van der Waals surface area contributed by atoms with Crippen molar-refractivity contribution in [2.75, 3.05) is 5.32 Å². The first-order valence-electron chi connectivity index (χ1n) is 9.35. The molecule has 0 fully saturated rings. The Kier molecular flexibility index (Phi) is 6.21. The highest BCUT2D eigenvalue weighted by molar-refractivity contribution is 9.10. The summed E-state index contributed by atoms with van der Waals surface area (Å²) in [4.78, 5) is 21.2. The van der Waals surface area contributed by atoms with Gasteiger partial charge < -0.3 is 10.6 Å². The Labute approximate surface area is 187 Å². The predicted molar refractivity (Wildman–Crippen MR) is 125 cm³/mol. The Hall–Kier alpha value is -3.03. The molecule has 2 N–H and O–H groups in total. The lowest BCUT2D eigenvalue weighted by molar-refractivity contribution is 0.0951. The van der Waals surface area contributed by atoms with E-state index in [4.69, 9.17) is 0 Å². The maximum atomic E-state index is 12.6. The third kappa shape index (κ3) is 4.93. The molecule has 2 aromatic heterocycles. The smallest absolute Gasteiger partial charge is 0.251 e. The number of anilines is 2. The van der Waals surface area contributed by atoms with Crippen molar-refractivity contribution < 1.29 is 4.79 Å². The van der Waals surface area contributed by atoms with E-state index in [0.29, 0.717) is 12.1 Å². The largest absolute Gasteiger partial charge is 0.348 e. The van der Waals surface area contributed by atoms with Crippen LogP contribution in [0, 0.1) is 6.92 Å². The molecule has 7 heteroatoms. The van der Waals surface area contributed by atoms with Gasteiger partial charge in [0.15, 0.2) is 5.13 Å². The summed E-state index contributed by atoms with van der Waals surface area (Å²) in [6.45, 7) is 2.50. The molecule has 1 amide bonds. The molecule has 0 aliphatic carbocycles. The van der Waals surface area contributed by atoms with E-state index in [1.165, 1.54) is 11.3 Å². The maximum Gasteiger partial charge on any atom is 0.251 e. The second-order valence-electron chi connectivity index (χ2n) is 6.75. The highest BCUT2D eigenvalue weighted by atomic mass is 79.9. The molecule has 0 unspecified atom stereocenters. The van der Waals surface area contributed by atoms with Crippen LogP contribution in [-0.2, 0) is 6.54 Å². The van der Waals surface area contributed by atoms with Gasteiger partial charge in [-0.25, -0.2) is 4.98 Å². The molecule has 0 bridgehead atoms. The van der Waals surface area contributed by atoms with Crippen LogP contribution in [0.2, 0.25) is 0 Å². The Morgan fingerprint density at radius 1 is 1.10 bits per heavy atom. The van der Waals surface area contributed by atoms with Crippen molar-refractivity contribution in [3.63, 3.8) is 0 Å². The number of carbonyl (C=O) groups is 1. The quantitative estimate of drug-likeness (QED) is 0.359. The first-order chi connectivity index (χ1) is 14.6. The summed E-state index contributed by atoms with van der Waals surface area (Å²) < 4.78 is 1.04. The summed E-state index contributed by atoms with van der Waals surface area (Å²) in [7, 11) is 0. The number of aromatic nitrogens is 2. The number of rotatable bonds is 6. The summed E-state index contributed by atoms with van der Waals surface area (Å²) in [5.41, 5.74) is 5.53. The van der Waals surface area contributed by atoms with E-state index in [0.717, 1.165) is 37.7 Å². The Bertz CT molecular complexity index is 1180. The second-order valence-corrected chi connectivity index (χ2v) is 8.46. The lowest BCUT2D eigenvalue weighted by Gasteiger charge is -2.09. The summed E-state index contributed by atoms with van der Waals surface area (Å²) >= 11 is 5.04. The standard InChI is InChI=1S/C23H19BrN4OS/c1-15-5-6-16(11-20(15)24)13-26-22(29)18-3-2-4-19(12-18)27-23-28-21(14-30-23)17-7-9-25-10-8-17/h2-12,14H,13H2,1H3,(H,26,29)(H,27,28). The number of carbonyl (C=O) groups excluding carboxylic acids is 1. The van der Waals surface area contributed by atoms with Gasteiger partial charge in [-0.1, -0.05) is 34.1 Å². The van der Waals surface area contributed by atoms with E-state index in [1.54, 1.807) is 18.5 Å². The molecule has 0 saturated heterocycles. The molecular formula is C23H19BrN4OS. The van der Waals surface area contributed by atoms with Gasteiger partial charge in [-0.3, -0.25) is 9.78 Å². The van der Waals surface area contributed by atoms with Crippen molar-refractivity contribution >= 4 is 44.0 Å². The number of pyridine rings is 1. The van der Waals surface area contributed by atoms with Crippen LogP contribution in [0.25, 0.3) is 11.3 Å². The SMILES string of the molecule is Cc1ccc(CNC(=O)c2cccc(Nc3nc(-c4ccncc4)cs3)c2)cc1Br. The van der Waals surface area contributed by atoms with Gasteiger partial charge >= 0.3 is 0 Å². The van der Waals surface area contributed by atoms with Gasteiger partial charge in [0.2, 0.25) is 0 Å². The molecule has 0 atom stereocenters. The zero-order valence-corrected chi connectivity index (χ0v) is 18.6. The summed E-state index contributed by atoms with van der Waals surface area (Å²) in [5.74, 6) is -0.119. The second kappa shape index (κ2) is 9.19. The topological polar surface area (TPSA) is 66.9 Å². The van der Waals surface area contributed by atoms with E-state index < -0.39 is 0 Å². The monoisotopic (exact) mass is 478 g/mol. The van der Waals surface area contributed by atoms with Crippen LogP contribution in [0.4, 0.5) is 10.8 Å². The van der Waals surface area contributed by atoms with Gasteiger partial charge in [-0.05, 0) is 54.4 Å². The average Bonchev–Trinajstić information content (AvgIpc) is 3.23. The van der Waals surface area contributed by atoms with Crippen LogP contribution in [0.3, 0.4) is 0 Å². The molecule has 150 valence electrons. The molecule has 4 rings (SSSR count). The van der Waals surface area contributed by atoms with Crippen LogP contribution >= 0.6 is 27.3 Å². The van der Waals surface area contributed by atoms with Crippen molar-refractivity contribution in [1.29, 1.82) is 0 Å². The van der Waals surface area contributed by atoms with Crippen LogP contribution in [0.15, 0.2) is 76.8 Å². The Morgan fingerprint density at radius 2 is 1.93 bits per heavy atom. The lowest BCUT2D eigenvalue weighted by Crippen LogP contribution is -2.22. The number of amides is 1. The zero-order valence-electron chi connectivity index (χ0n) is 16.2.